The number of aliphatic carboxylic acids is 1. The Bertz CT molecular complexity index is 450. The zero-order valence-corrected chi connectivity index (χ0v) is 11.4. The summed E-state index contributed by atoms with van der Waals surface area (Å²) in [7, 11) is 0. The van der Waals surface area contributed by atoms with Crippen LogP contribution in [0.15, 0.2) is 22.7 Å². The molecule has 0 spiro atoms. The minimum absolute atomic E-state index is 0.251. The molecule has 0 aliphatic rings. The molecule has 0 radical (unpaired) electrons. The van der Waals surface area contributed by atoms with Crippen LogP contribution >= 0.6 is 27.5 Å². The topological polar surface area (TPSA) is 66.4 Å². The molecule has 4 nitrogen and oxygen atoms in total. The second kappa shape index (κ2) is 6.02. The monoisotopic (exact) mass is 319 g/mol. The molecule has 92 valence electrons. The van der Waals surface area contributed by atoms with Gasteiger partial charge in [-0.15, -0.1) is 0 Å². The fourth-order valence-electron chi connectivity index (χ4n) is 1.25. The van der Waals surface area contributed by atoms with Crippen molar-refractivity contribution >= 4 is 39.4 Å². The number of hydrogen-bond donors (Lipinski definition) is 2. The molecule has 0 bridgehead atoms. The lowest BCUT2D eigenvalue weighted by atomic mass is 10.1. The highest BCUT2D eigenvalue weighted by Crippen LogP contribution is 2.25. The van der Waals surface area contributed by atoms with Crippen molar-refractivity contribution in [2.45, 2.75) is 19.4 Å². The number of rotatable bonds is 4. The van der Waals surface area contributed by atoms with Crippen LogP contribution in [-0.4, -0.2) is 23.0 Å². The first-order valence-corrected chi connectivity index (χ1v) is 6.12. The predicted octanol–water partition coefficient (Wildman–Crippen LogP) is 2.70. The van der Waals surface area contributed by atoms with Crippen LogP contribution in [0.25, 0.3) is 0 Å². The summed E-state index contributed by atoms with van der Waals surface area (Å²) in [5, 5.41) is 11.5. The van der Waals surface area contributed by atoms with Gasteiger partial charge in [-0.3, -0.25) is 4.79 Å². The van der Waals surface area contributed by atoms with Crippen molar-refractivity contribution in [3.63, 3.8) is 0 Å². The van der Waals surface area contributed by atoms with Crippen LogP contribution in [0.1, 0.15) is 23.7 Å². The molecule has 0 heterocycles. The van der Waals surface area contributed by atoms with Crippen molar-refractivity contribution in [2.75, 3.05) is 0 Å². The Labute approximate surface area is 112 Å². The summed E-state index contributed by atoms with van der Waals surface area (Å²) in [6.07, 6.45) is 0.312. The number of carboxylic acids is 1. The van der Waals surface area contributed by atoms with Gasteiger partial charge in [0.05, 0.1) is 10.6 Å². The van der Waals surface area contributed by atoms with E-state index in [-0.39, 0.29) is 10.6 Å². The van der Waals surface area contributed by atoms with Crippen molar-refractivity contribution in [1.29, 1.82) is 0 Å². The summed E-state index contributed by atoms with van der Waals surface area (Å²) in [4.78, 5) is 22.6. The number of benzene rings is 1. The third-order valence-corrected chi connectivity index (χ3v) is 3.50. The van der Waals surface area contributed by atoms with E-state index < -0.39 is 17.9 Å². The average Bonchev–Trinajstić information content (AvgIpc) is 2.28. The molecule has 0 aliphatic heterocycles. The molecule has 1 amide bonds. The zero-order valence-electron chi connectivity index (χ0n) is 9.04. The van der Waals surface area contributed by atoms with Gasteiger partial charge in [0.25, 0.3) is 5.91 Å². The van der Waals surface area contributed by atoms with Gasteiger partial charge < -0.3 is 10.4 Å². The smallest absolute Gasteiger partial charge is 0.326 e. The standard InChI is InChI=1S/C11H11BrClNO3/c1-2-8(11(16)17)14-10(15)6-4-3-5-7(12)9(6)13/h3-5,8H,2H2,1H3,(H,14,15)(H,16,17)/t8-/m0/s1. The van der Waals surface area contributed by atoms with Crippen LogP contribution in [0.4, 0.5) is 0 Å². The van der Waals surface area contributed by atoms with E-state index >= 15 is 0 Å². The quantitative estimate of drug-likeness (QED) is 0.896. The highest BCUT2D eigenvalue weighted by Gasteiger charge is 2.20. The molecular formula is C11H11BrClNO3. The van der Waals surface area contributed by atoms with E-state index in [1.807, 2.05) is 0 Å². The summed E-state index contributed by atoms with van der Waals surface area (Å²) < 4.78 is 0.593. The van der Waals surface area contributed by atoms with E-state index in [9.17, 15) is 9.59 Å². The molecule has 1 rings (SSSR count). The lowest BCUT2D eigenvalue weighted by molar-refractivity contribution is -0.139. The first kappa shape index (κ1) is 14.0. The second-order valence-electron chi connectivity index (χ2n) is 3.37. The van der Waals surface area contributed by atoms with Crippen LogP contribution in [0.5, 0.6) is 0 Å². The van der Waals surface area contributed by atoms with Gasteiger partial charge in [-0.1, -0.05) is 24.6 Å². The number of carboxylic acid groups (broad SMARTS) is 1. The molecular weight excluding hydrogens is 309 g/mol. The number of amides is 1. The van der Waals surface area contributed by atoms with Crippen molar-refractivity contribution < 1.29 is 14.7 Å². The van der Waals surface area contributed by atoms with Crippen molar-refractivity contribution in [2.24, 2.45) is 0 Å². The Hall–Kier alpha value is -1.07. The Balaban J connectivity index is 2.90. The van der Waals surface area contributed by atoms with Crippen molar-refractivity contribution in [3.8, 4) is 0 Å². The van der Waals surface area contributed by atoms with Gasteiger partial charge in [-0.2, -0.15) is 0 Å². The third kappa shape index (κ3) is 3.44. The van der Waals surface area contributed by atoms with Gasteiger partial charge >= 0.3 is 5.97 Å². The minimum atomic E-state index is -1.06. The number of halogens is 2. The van der Waals surface area contributed by atoms with E-state index in [0.717, 1.165) is 0 Å². The van der Waals surface area contributed by atoms with Gasteiger partial charge in [-0.05, 0) is 34.5 Å². The van der Waals surface area contributed by atoms with Crippen molar-refractivity contribution in [1.82, 2.24) is 5.32 Å². The zero-order chi connectivity index (χ0) is 13.0. The summed E-state index contributed by atoms with van der Waals surface area (Å²) in [6.45, 7) is 1.68. The molecule has 0 aliphatic carbocycles. The number of hydrogen-bond acceptors (Lipinski definition) is 2. The van der Waals surface area contributed by atoms with Crippen molar-refractivity contribution in [3.05, 3.63) is 33.3 Å². The van der Waals surface area contributed by atoms with Crippen LogP contribution < -0.4 is 5.32 Å². The molecule has 0 saturated heterocycles. The van der Waals surface area contributed by atoms with Crippen LogP contribution in [0.2, 0.25) is 5.02 Å². The van der Waals surface area contributed by atoms with Gasteiger partial charge in [0.15, 0.2) is 0 Å². The predicted molar refractivity (Wildman–Crippen MR) is 68.3 cm³/mol. The normalized spacial score (nSPS) is 11.9. The Morgan fingerprint density at radius 3 is 2.71 bits per heavy atom. The molecule has 0 fully saturated rings. The SMILES string of the molecule is CC[C@H](NC(=O)c1cccc(Br)c1Cl)C(=O)O. The molecule has 2 N–H and O–H groups in total. The molecule has 6 heteroatoms. The molecule has 0 saturated carbocycles. The molecule has 1 aromatic rings. The van der Waals surface area contributed by atoms with Crippen LogP contribution in [0, 0.1) is 0 Å². The Kier molecular flexibility index (Phi) is 4.96. The largest absolute Gasteiger partial charge is 0.480 e. The van der Waals surface area contributed by atoms with Crippen LogP contribution in [-0.2, 0) is 4.79 Å². The first-order chi connectivity index (χ1) is 7.97. The molecule has 1 aromatic carbocycles. The highest BCUT2D eigenvalue weighted by atomic mass is 79.9. The summed E-state index contributed by atoms with van der Waals surface area (Å²) in [6, 6.07) is 3.99. The molecule has 17 heavy (non-hydrogen) atoms. The number of carbonyl (C=O) groups is 2. The lowest BCUT2D eigenvalue weighted by Gasteiger charge is -2.13. The maximum atomic E-state index is 11.8. The van der Waals surface area contributed by atoms with E-state index in [4.69, 9.17) is 16.7 Å². The maximum absolute atomic E-state index is 11.8. The molecule has 0 unspecified atom stereocenters. The van der Waals surface area contributed by atoms with E-state index in [1.165, 1.54) is 6.07 Å². The first-order valence-electron chi connectivity index (χ1n) is 4.95. The summed E-state index contributed by atoms with van der Waals surface area (Å²) in [5.41, 5.74) is 0.251. The second-order valence-corrected chi connectivity index (χ2v) is 4.61. The average molecular weight is 321 g/mol. The fraction of sp³-hybridized carbons (Fsp3) is 0.273. The Morgan fingerprint density at radius 1 is 1.53 bits per heavy atom. The molecule has 0 aromatic heterocycles. The van der Waals surface area contributed by atoms with E-state index in [1.54, 1.807) is 19.1 Å². The minimum Gasteiger partial charge on any atom is -0.480 e. The fourth-order valence-corrected chi connectivity index (χ4v) is 1.83. The summed E-state index contributed by atoms with van der Waals surface area (Å²) in [5.74, 6) is -1.56. The number of nitrogens with one attached hydrogen (secondary N) is 1. The van der Waals surface area contributed by atoms with Gasteiger partial charge in [0, 0.05) is 4.47 Å². The maximum Gasteiger partial charge on any atom is 0.326 e. The summed E-state index contributed by atoms with van der Waals surface area (Å²) >= 11 is 9.14. The molecule has 1 atom stereocenters. The highest BCUT2D eigenvalue weighted by molar-refractivity contribution is 9.10. The van der Waals surface area contributed by atoms with E-state index in [2.05, 4.69) is 21.2 Å². The number of carbonyl (C=O) groups excluding carboxylic acids is 1. The Morgan fingerprint density at radius 2 is 2.18 bits per heavy atom. The van der Waals surface area contributed by atoms with E-state index in [0.29, 0.717) is 10.9 Å². The third-order valence-electron chi connectivity index (χ3n) is 2.21. The lowest BCUT2D eigenvalue weighted by Crippen LogP contribution is -2.40. The van der Waals surface area contributed by atoms with Gasteiger partial charge in [-0.25, -0.2) is 4.79 Å². The van der Waals surface area contributed by atoms with Crippen LogP contribution in [0.3, 0.4) is 0 Å². The van der Waals surface area contributed by atoms with Gasteiger partial charge in [0.1, 0.15) is 6.04 Å². The van der Waals surface area contributed by atoms with Gasteiger partial charge in [0.2, 0.25) is 0 Å².